The number of nitrogens with two attached hydrogens (primary N) is 1. The molecule has 2 aromatic carbocycles. The number of nitrogens with zero attached hydrogens (tertiary/aromatic N) is 3. The van der Waals surface area contributed by atoms with Crippen molar-refractivity contribution in [2.45, 2.75) is 31.6 Å². The average Bonchev–Trinajstić information content (AvgIpc) is 3.32. The standard InChI is InChI=1S/C29H29F3N6O3S/c1-17(19-5-8-22(30)9-6-19)41-24-15-20(7-10-23(24)37-42(39,40)29(31)32)26-25-27(38(2)36-26)21(16-35-28(25)33)4-3-18-11-13-34-14-12-18/h5-10,15-18,29,34,37H,11-14H2,1-2H3,(H2,33,35)/t17-/m0/s1. The molecule has 1 fully saturated rings. The Labute approximate surface area is 241 Å². The average molecular weight is 599 g/mol. The number of ether oxygens (including phenoxy) is 1. The molecule has 0 amide bonds. The molecule has 5 rings (SSSR count). The van der Waals surface area contributed by atoms with Crippen molar-refractivity contribution in [3.05, 3.63) is 65.6 Å². The van der Waals surface area contributed by atoms with Crippen LogP contribution in [0.25, 0.3) is 22.2 Å². The number of piperidine rings is 1. The minimum atomic E-state index is -5.00. The number of sulfonamides is 1. The van der Waals surface area contributed by atoms with Gasteiger partial charge in [-0.05, 0) is 62.7 Å². The van der Waals surface area contributed by atoms with Crippen LogP contribution < -0.4 is 20.5 Å². The van der Waals surface area contributed by atoms with E-state index in [0.717, 1.165) is 25.9 Å². The predicted octanol–water partition coefficient (Wildman–Crippen LogP) is 4.81. The summed E-state index contributed by atoms with van der Waals surface area (Å²) in [5.74, 6) is 2.91. The van der Waals surface area contributed by atoms with Crippen LogP contribution in [0.5, 0.6) is 5.75 Å². The van der Waals surface area contributed by atoms with Gasteiger partial charge in [-0.15, -0.1) is 0 Å². The summed E-state index contributed by atoms with van der Waals surface area (Å²) < 4.78 is 73.5. The van der Waals surface area contributed by atoms with Crippen LogP contribution in [0.15, 0.2) is 48.7 Å². The van der Waals surface area contributed by atoms with Crippen molar-refractivity contribution in [2.24, 2.45) is 13.0 Å². The SMILES string of the molecule is C[C@H](Oc1cc(-c2nn(C)c3c(C#CC4CCNCC4)cnc(N)c23)ccc1NS(=O)(=O)C(F)F)c1ccc(F)cc1. The Bertz CT molecular complexity index is 1780. The maximum Gasteiger partial charge on any atom is 0.355 e. The third kappa shape index (κ3) is 6.14. The predicted molar refractivity (Wildman–Crippen MR) is 155 cm³/mol. The van der Waals surface area contributed by atoms with E-state index >= 15 is 0 Å². The molecule has 1 aliphatic heterocycles. The molecule has 1 saturated heterocycles. The molecule has 0 spiro atoms. The van der Waals surface area contributed by atoms with Crippen molar-refractivity contribution in [3.8, 4) is 28.8 Å². The third-order valence-electron chi connectivity index (χ3n) is 7.03. The van der Waals surface area contributed by atoms with Gasteiger partial charge in [0, 0.05) is 24.7 Å². The van der Waals surface area contributed by atoms with Crippen LogP contribution in [0.2, 0.25) is 0 Å². The van der Waals surface area contributed by atoms with Gasteiger partial charge in [0.2, 0.25) is 0 Å². The number of fused-ring (bicyclic) bond motifs is 1. The lowest BCUT2D eigenvalue weighted by Crippen LogP contribution is -2.26. The van der Waals surface area contributed by atoms with Gasteiger partial charge in [0.05, 0.1) is 22.2 Å². The van der Waals surface area contributed by atoms with Crippen LogP contribution in [0.4, 0.5) is 24.7 Å². The first-order valence-corrected chi connectivity index (χ1v) is 14.8. The molecule has 220 valence electrons. The van der Waals surface area contributed by atoms with Crippen molar-refractivity contribution in [1.29, 1.82) is 0 Å². The van der Waals surface area contributed by atoms with Gasteiger partial charge in [0.25, 0.3) is 10.0 Å². The Morgan fingerprint density at radius 1 is 1.17 bits per heavy atom. The highest BCUT2D eigenvalue weighted by Gasteiger charge is 2.26. The largest absolute Gasteiger partial charge is 0.484 e. The fourth-order valence-corrected chi connectivity index (χ4v) is 5.38. The van der Waals surface area contributed by atoms with E-state index in [1.807, 2.05) is 4.72 Å². The first kappa shape index (κ1) is 29.2. The summed E-state index contributed by atoms with van der Waals surface area (Å²) in [6.45, 7) is 3.49. The van der Waals surface area contributed by atoms with Gasteiger partial charge in [0.1, 0.15) is 29.2 Å². The normalized spacial score (nSPS) is 14.9. The molecular weight excluding hydrogens is 569 g/mol. The molecule has 4 N–H and O–H groups in total. The van der Waals surface area contributed by atoms with Gasteiger partial charge < -0.3 is 15.8 Å². The summed E-state index contributed by atoms with van der Waals surface area (Å²) in [4.78, 5) is 4.35. The number of halogens is 3. The zero-order chi connectivity index (χ0) is 30.0. The highest BCUT2D eigenvalue weighted by atomic mass is 32.2. The number of aromatic nitrogens is 3. The molecule has 2 aromatic heterocycles. The monoisotopic (exact) mass is 598 g/mol. The number of alkyl halides is 2. The fraction of sp³-hybridized carbons (Fsp3) is 0.310. The Hall–Kier alpha value is -4.28. The number of rotatable bonds is 7. The molecule has 0 bridgehead atoms. The third-order valence-corrected chi connectivity index (χ3v) is 8.00. The quantitative estimate of drug-likeness (QED) is 0.261. The van der Waals surface area contributed by atoms with Crippen LogP contribution in [0, 0.1) is 23.6 Å². The summed E-state index contributed by atoms with van der Waals surface area (Å²) in [5.41, 5.74) is 8.91. The van der Waals surface area contributed by atoms with E-state index in [9.17, 15) is 21.6 Å². The molecule has 1 aliphatic rings. The molecule has 3 heterocycles. The zero-order valence-corrected chi connectivity index (χ0v) is 23.7. The number of benzene rings is 2. The smallest absolute Gasteiger partial charge is 0.355 e. The number of nitrogen functional groups attached to an aromatic ring is 1. The Kier molecular flexibility index (Phi) is 8.29. The minimum Gasteiger partial charge on any atom is -0.484 e. The maximum absolute atomic E-state index is 13.5. The second-order valence-electron chi connectivity index (χ2n) is 9.98. The molecule has 9 nitrogen and oxygen atoms in total. The van der Waals surface area contributed by atoms with E-state index in [4.69, 9.17) is 10.5 Å². The molecule has 42 heavy (non-hydrogen) atoms. The first-order valence-electron chi connectivity index (χ1n) is 13.2. The Morgan fingerprint density at radius 3 is 2.57 bits per heavy atom. The zero-order valence-electron chi connectivity index (χ0n) is 22.9. The molecule has 0 saturated carbocycles. The van der Waals surface area contributed by atoms with E-state index < -0.39 is 27.7 Å². The lowest BCUT2D eigenvalue weighted by molar-refractivity contribution is 0.228. The van der Waals surface area contributed by atoms with E-state index in [1.54, 1.807) is 24.9 Å². The lowest BCUT2D eigenvalue weighted by atomic mass is 9.98. The van der Waals surface area contributed by atoms with E-state index in [1.165, 1.54) is 42.5 Å². The van der Waals surface area contributed by atoms with Crippen LogP contribution in [-0.4, -0.2) is 42.0 Å². The van der Waals surface area contributed by atoms with E-state index in [0.29, 0.717) is 33.3 Å². The molecule has 0 unspecified atom stereocenters. The second-order valence-corrected chi connectivity index (χ2v) is 11.6. The first-order chi connectivity index (χ1) is 20.0. The molecule has 1 atom stereocenters. The summed E-state index contributed by atoms with van der Waals surface area (Å²) in [7, 11) is -3.25. The number of hydrogen-bond acceptors (Lipinski definition) is 7. The highest BCUT2D eigenvalue weighted by molar-refractivity contribution is 7.93. The van der Waals surface area contributed by atoms with Crippen molar-refractivity contribution in [2.75, 3.05) is 23.5 Å². The van der Waals surface area contributed by atoms with Gasteiger partial charge in [-0.1, -0.05) is 30.0 Å². The van der Waals surface area contributed by atoms with E-state index in [-0.39, 0.29) is 23.2 Å². The van der Waals surface area contributed by atoms with Gasteiger partial charge in [-0.3, -0.25) is 9.40 Å². The Morgan fingerprint density at radius 2 is 1.88 bits per heavy atom. The summed E-state index contributed by atoms with van der Waals surface area (Å²) in [6, 6.07) is 9.86. The van der Waals surface area contributed by atoms with Crippen molar-refractivity contribution < 1.29 is 26.3 Å². The van der Waals surface area contributed by atoms with Crippen molar-refractivity contribution >= 4 is 32.4 Å². The van der Waals surface area contributed by atoms with Crippen LogP contribution in [-0.2, 0) is 17.1 Å². The lowest BCUT2D eigenvalue weighted by Gasteiger charge is -2.19. The molecular formula is C29H29F3N6O3S. The number of hydrogen-bond donors (Lipinski definition) is 3. The molecule has 0 aliphatic carbocycles. The van der Waals surface area contributed by atoms with Crippen molar-refractivity contribution in [3.63, 3.8) is 0 Å². The molecule has 0 radical (unpaired) electrons. The van der Waals surface area contributed by atoms with Crippen LogP contribution in [0.3, 0.4) is 0 Å². The Balaban J connectivity index is 1.58. The number of pyridine rings is 1. The number of anilines is 2. The maximum atomic E-state index is 13.5. The summed E-state index contributed by atoms with van der Waals surface area (Å²) in [5, 5.41) is 8.51. The minimum absolute atomic E-state index is 0.0410. The van der Waals surface area contributed by atoms with Crippen molar-refractivity contribution in [1.82, 2.24) is 20.1 Å². The van der Waals surface area contributed by atoms with Gasteiger partial charge in [-0.25, -0.2) is 17.8 Å². The molecule has 4 aromatic rings. The summed E-state index contributed by atoms with van der Waals surface area (Å²) in [6.07, 6.45) is 2.82. The fourth-order valence-electron chi connectivity index (χ4n) is 4.82. The second kappa shape index (κ2) is 11.9. The number of aryl methyl sites for hydroxylation is 1. The van der Waals surface area contributed by atoms with Gasteiger partial charge in [0.15, 0.2) is 0 Å². The van der Waals surface area contributed by atoms with Gasteiger partial charge in [-0.2, -0.15) is 13.9 Å². The summed E-state index contributed by atoms with van der Waals surface area (Å²) >= 11 is 0. The van der Waals surface area contributed by atoms with Gasteiger partial charge >= 0.3 is 5.76 Å². The molecule has 13 heteroatoms. The van der Waals surface area contributed by atoms with Crippen LogP contribution >= 0.6 is 0 Å². The van der Waals surface area contributed by atoms with E-state index in [2.05, 4.69) is 27.2 Å². The number of nitrogens with one attached hydrogen (secondary N) is 2. The topological polar surface area (TPSA) is 124 Å². The highest BCUT2D eigenvalue weighted by Crippen LogP contribution is 2.38. The van der Waals surface area contributed by atoms with Crippen LogP contribution in [0.1, 0.15) is 37.0 Å².